The van der Waals surface area contributed by atoms with E-state index >= 15 is 0 Å². The average Bonchev–Trinajstić information content (AvgIpc) is 2.67. The third-order valence-electron chi connectivity index (χ3n) is 4.50. The molecule has 25 heavy (non-hydrogen) atoms. The van der Waals surface area contributed by atoms with Crippen LogP contribution in [-0.2, 0) is 13.0 Å². The van der Waals surface area contributed by atoms with Gasteiger partial charge in [-0.1, -0.05) is 75.1 Å². The number of para-hydroxylation sites is 1. The number of hydrogen-bond donors (Lipinski definition) is 0. The lowest BCUT2D eigenvalue weighted by molar-refractivity contribution is 0.309. The summed E-state index contributed by atoms with van der Waals surface area (Å²) in [4.78, 5) is 4.83. The van der Waals surface area contributed by atoms with Crippen LogP contribution < -0.4 is 4.74 Å². The maximum absolute atomic E-state index is 6.15. The van der Waals surface area contributed by atoms with Crippen molar-refractivity contribution in [3.05, 3.63) is 71.9 Å². The standard InChI is InChI=1S/C23H27NO/c1-2-3-4-5-9-14-20-17-23(21-15-10-11-16-22(21)24-20)25-18-19-12-7-6-8-13-19/h6-8,10-13,15-17H,2-5,9,14,18H2,1H3. The molecule has 3 rings (SSSR count). The molecule has 0 unspecified atom stereocenters. The van der Waals surface area contributed by atoms with Gasteiger partial charge in [0.2, 0.25) is 0 Å². The molecule has 1 aromatic heterocycles. The molecule has 0 atom stereocenters. The molecule has 1 heterocycles. The van der Waals surface area contributed by atoms with Gasteiger partial charge in [0, 0.05) is 17.1 Å². The van der Waals surface area contributed by atoms with Crippen LogP contribution in [0.5, 0.6) is 5.75 Å². The molecule has 0 aliphatic heterocycles. The smallest absolute Gasteiger partial charge is 0.131 e. The Kier molecular flexibility index (Phi) is 6.44. The van der Waals surface area contributed by atoms with Crippen molar-refractivity contribution in [1.29, 1.82) is 0 Å². The summed E-state index contributed by atoms with van der Waals surface area (Å²) in [6, 6.07) is 20.7. The van der Waals surface area contributed by atoms with E-state index in [4.69, 9.17) is 9.72 Å². The van der Waals surface area contributed by atoms with Crippen LogP contribution in [-0.4, -0.2) is 4.98 Å². The van der Waals surface area contributed by atoms with Gasteiger partial charge in [0.25, 0.3) is 0 Å². The van der Waals surface area contributed by atoms with Crippen molar-refractivity contribution in [2.45, 2.75) is 52.1 Å². The number of pyridine rings is 1. The van der Waals surface area contributed by atoms with Crippen LogP contribution in [0.4, 0.5) is 0 Å². The van der Waals surface area contributed by atoms with Gasteiger partial charge in [-0.25, -0.2) is 0 Å². The molecular formula is C23H27NO. The molecule has 2 nitrogen and oxygen atoms in total. The third kappa shape index (κ3) is 5.06. The van der Waals surface area contributed by atoms with Crippen LogP contribution in [0.1, 0.15) is 50.3 Å². The Bertz CT molecular complexity index is 782. The molecule has 0 saturated heterocycles. The maximum Gasteiger partial charge on any atom is 0.131 e. The molecule has 0 aliphatic carbocycles. The van der Waals surface area contributed by atoms with Gasteiger partial charge in [-0.2, -0.15) is 0 Å². The molecule has 0 radical (unpaired) electrons. The monoisotopic (exact) mass is 333 g/mol. The van der Waals surface area contributed by atoms with Crippen LogP contribution in [0.3, 0.4) is 0 Å². The van der Waals surface area contributed by atoms with Crippen LogP contribution in [0.15, 0.2) is 60.7 Å². The Balaban J connectivity index is 1.73. The first kappa shape index (κ1) is 17.5. The molecule has 0 fully saturated rings. The molecule has 0 spiro atoms. The highest BCUT2D eigenvalue weighted by atomic mass is 16.5. The second-order valence-corrected chi connectivity index (χ2v) is 6.57. The highest BCUT2D eigenvalue weighted by molar-refractivity contribution is 5.85. The van der Waals surface area contributed by atoms with E-state index in [2.05, 4.69) is 37.3 Å². The van der Waals surface area contributed by atoms with Gasteiger partial charge in [-0.15, -0.1) is 0 Å². The van der Waals surface area contributed by atoms with Crippen molar-refractivity contribution >= 4 is 10.9 Å². The zero-order valence-electron chi connectivity index (χ0n) is 15.1. The number of nitrogens with zero attached hydrogens (tertiary/aromatic N) is 1. The summed E-state index contributed by atoms with van der Waals surface area (Å²) >= 11 is 0. The van der Waals surface area contributed by atoms with E-state index < -0.39 is 0 Å². The lowest BCUT2D eigenvalue weighted by Gasteiger charge is -2.12. The number of aromatic nitrogens is 1. The SMILES string of the molecule is CCCCCCCc1cc(OCc2ccccc2)c2ccccc2n1. The summed E-state index contributed by atoms with van der Waals surface area (Å²) < 4.78 is 6.15. The normalized spacial score (nSPS) is 10.9. The second kappa shape index (κ2) is 9.22. The highest BCUT2D eigenvalue weighted by Crippen LogP contribution is 2.27. The largest absolute Gasteiger partial charge is 0.488 e. The molecule has 2 aromatic carbocycles. The second-order valence-electron chi connectivity index (χ2n) is 6.57. The number of unbranched alkanes of at least 4 members (excludes halogenated alkanes) is 4. The quantitative estimate of drug-likeness (QED) is 0.427. The minimum atomic E-state index is 0.588. The molecule has 2 heteroatoms. The lowest BCUT2D eigenvalue weighted by atomic mass is 10.1. The minimum absolute atomic E-state index is 0.588. The Morgan fingerprint density at radius 2 is 1.60 bits per heavy atom. The first-order valence-corrected chi connectivity index (χ1v) is 9.42. The summed E-state index contributed by atoms with van der Waals surface area (Å²) in [5.74, 6) is 0.943. The summed E-state index contributed by atoms with van der Waals surface area (Å²) in [6.07, 6.45) is 7.44. The van der Waals surface area contributed by atoms with Crippen LogP contribution in [0, 0.1) is 0 Å². The van der Waals surface area contributed by atoms with Crippen LogP contribution in [0.2, 0.25) is 0 Å². The van der Waals surface area contributed by atoms with Gasteiger partial charge in [0.05, 0.1) is 5.52 Å². The Morgan fingerprint density at radius 3 is 2.44 bits per heavy atom. The van der Waals surface area contributed by atoms with Gasteiger partial charge >= 0.3 is 0 Å². The zero-order valence-corrected chi connectivity index (χ0v) is 15.1. The molecule has 0 N–H and O–H groups in total. The van der Waals surface area contributed by atoms with Gasteiger partial charge < -0.3 is 4.74 Å². The topological polar surface area (TPSA) is 22.1 Å². The number of rotatable bonds is 9. The summed E-state index contributed by atoms with van der Waals surface area (Å²) in [5.41, 5.74) is 3.35. The fourth-order valence-electron chi connectivity index (χ4n) is 3.09. The fourth-order valence-corrected chi connectivity index (χ4v) is 3.09. The molecule has 0 saturated carbocycles. The van der Waals surface area contributed by atoms with Gasteiger partial charge in [-0.05, 0) is 30.5 Å². The van der Waals surface area contributed by atoms with Crippen molar-refractivity contribution in [3.63, 3.8) is 0 Å². The fraction of sp³-hybridized carbons (Fsp3) is 0.348. The van der Waals surface area contributed by atoms with E-state index in [1.807, 2.05) is 30.3 Å². The predicted molar refractivity (Wildman–Crippen MR) is 105 cm³/mol. The molecule has 3 aromatic rings. The van der Waals surface area contributed by atoms with E-state index in [1.54, 1.807) is 0 Å². The number of hydrogen-bond acceptors (Lipinski definition) is 2. The van der Waals surface area contributed by atoms with E-state index in [-0.39, 0.29) is 0 Å². The van der Waals surface area contributed by atoms with E-state index in [0.29, 0.717) is 6.61 Å². The van der Waals surface area contributed by atoms with Crippen molar-refractivity contribution in [2.24, 2.45) is 0 Å². The Labute approximate surface area is 150 Å². The maximum atomic E-state index is 6.15. The van der Waals surface area contributed by atoms with E-state index in [1.165, 1.54) is 37.7 Å². The predicted octanol–water partition coefficient (Wildman–Crippen LogP) is 6.33. The molecule has 0 aliphatic rings. The Morgan fingerprint density at radius 1 is 0.840 bits per heavy atom. The molecule has 0 amide bonds. The number of fused-ring (bicyclic) bond motifs is 1. The van der Waals surface area contributed by atoms with Crippen molar-refractivity contribution in [1.82, 2.24) is 4.98 Å². The van der Waals surface area contributed by atoms with Gasteiger partial charge in [0.1, 0.15) is 12.4 Å². The molecule has 0 bridgehead atoms. The van der Waals surface area contributed by atoms with Crippen molar-refractivity contribution in [2.75, 3.05) is 0 Å². The summed E-state index contributed by atoms with van der Waals surface area (Å²) in [5, 5.41) is 1.09. The summed E-state index contributed by atoms with van der Waals surface area (Å²) in [6.45, 7) is 2.84. The van der Waals surface area contributed by atoms with Gasteiger partial charge in [-0.3, -0.25) is 4.98 Å². The average molecular weight is 333 g/mol. The van der Waals surface area contributed by atoms with Crippen molar-refractivity contribution < 1.29 is 4.74 Å². The first-order valence-electron chi connectivity index (χ1n) is 9.42. The van der Waals surface area contributed by atoms with E-state index in [9.17, 15) is 0 Å². The van der Waals surface area contributed by atoms with Gasteiger partial charge in [0.15, 0.2) is 0 Å². The Hall–Kier alpha value is -2.35. The van der Waals surface area contributed by atoms with E-state index in [0.717, 1.165) is 28.8 Å². The lowest BCUT2D eigenvalue weighted by Crippen LogP contribution is -1.99. The van der Waals surface area contributed by atoms with Crippen molar-refractivity contribution in [3.8, 4) is 5.75 Å². The molecular weight excluding hydrogens is 306 g/mol. The number of ether oxygens (including phenoxy) is 1. The third-order valence-corrected chi connectivity index (χ3v) is 4.50. The van der Waals surface area contributed by atoms with Crippen LogP contribution >= 0.6 is 0 Å². The summed E-state index contributed by atoms with van der Waals surface area (Å²) in [7, 11) is 0. The zero-order chi connectivity index (χ0) is 17.3. The highest BCUT2D eigenvalue weighted by Gasteiger charge is 2.07. The van der Waals surface area contributed by atoms with Crippen LogP contribution in [0.25, 0.3) is 10.9 Å². The number of benzene rings is 2. The minimum Gasteiger partial charge on any atom is -0.488 e. The first-order chi connectivity index (χ1) is 12.4. The molecule has 130 valence electrons. The number of aryl methyl sites for hydroxylation is 1.